The number of anilines is 1. The summed E-state index contributed by atoms with van der Waals surface area (Å²) in [4.78, 5) is 20.8. The Morgan fingerprint density at radius 2 is 2.00 bits per heavy atom. The quantitative estimate of drug-likeness (QED) is 0.789. The molecule has 0 aromatic carbocycles. The van der Waals surface area contributed by atoms with Crippen LogP contribution in [0.1, 0.15) is 30.6 Å². The normalized spacial score (nSPS) is 10.7. The van der Waals surface area contributed by atoms with Crippen LogP contribution in [0.5, 0.6) is 0 Å². The number of amides is 1. The summed E-state index contributed by atoms with van der Waals surface area (Å²) < 4.78 is 0. The number of hydrogen-bond acceptors (Lipinski definition) is 4. The van der Waals surface area contributed by atoms with Gasteiger partial charge in [0.1, 0.15) is 5.82 Å². The highest BCUT2D eigenvalue weighted by Crippen LogP contribution is 2.10. The summed E-state index contributed by atoms with van der Waals surface area (Å²) in [5, 5.41) is 3.13. The Morgan fingerprint density at radius 3 is 2.60 bits per heavy atom. The predicted molar refractivity (Wildman–Crippen MR) is 83.1 cm³/mol. The molecule has 0 unspecified atom stereocenters. The molecule has 1 amide bonds. The van der Waals surface area contributed by atoms with Crippen LogP contribution >= 0.6 is 0 Å². The van der Waals surface area contributed by atoms with Crippen LogP contribution in [0.2, 0.25) is 0 Å². The summed E-state index contributed by atoms with van der Waals surface area (Å²) in [7, 11) is 4.04. The van der Waals surface area contributed by atoms with Gasteiger partial charge in [-0.2, -0.15) is 0 Å². The van der Waals surface area contributed by atoms with Gasteiger partial charge in [0.2, 0.25) is 0 Å². The first-order valence-corrected chi connectivity index (χ1v) is 7.22. The molecule has 20 heavy (non-hydrogen) atoms. The van der Waals surface area contributed by atoms with Crippen LogP contribution < -0.4 is 5.32 Å². The molecule has 1 N–H and O–H groups in total. The minimum Gasteiger partial charge on any atom is -0.370 e. The van der Waals surface area contributed by atoms with E-state index in [-0.39, 0.29) is 5.91 Å². The van der Waals surface area contributed by atoms with Crippen LogP contribution in [0.25, 0.3) is 0 Å². The van der Waals surface area contributed by atoms with Crippen molar-refractivity contribution in [2.24, 2.45) is 0 Å². The van der Waals surface area contributed by atoms with Crippen molar-refractivity contribution in [2.75, 3.05) is 45.6 Å². The molecular formula is C15H26N4O. The van der Waals surface area contributed by atoms with Gasteiger partial charge >= 0.3 is 0 Å². The van der Waals surface area contributed by atoms with Crippen molar-refractivity contribution in [3.05, 3.63) is 23.9 Å². The molecule has 112 valence electrons. The Hall–Kier alpha value is -1.62. The van der Waals surface area contributed by atoms with Crippen molar-refractivity contribution in [2.45, 2.75) is 20.3 Å². The molecule has 0 aliphatic heterocycles. The van der Waals surface area contributed by atoms with Crippen LogP contribution in [0.15, 0.2) is 18.3 Å². The second-order valence-corrected chi connectivity index (χ2v) is 5.06. The van der Waals surface area contributed by atoms with Crippen molar-refractivity contribution in [1.29, 1.82) is 0 Å². The average molecular weight is 278 g/mol. The number of aromatic nitrogens is 1. The first-order chi connectivity index (χ1) is 9.58. The predicted octanol–water partition coefficient (Wildman–Crippen LogP) is 1.93. The molecule has 1 aromatic heterocycles. The van der Waals surface area contributed by atoms with Crippen molar-refractivity contribution >= 4 is 11.7 Å². The minimum absolute atomic E-state index is 0.0789. The van der Waals surface area contributed by atoms with Gasteiger partial charge < -0.3 is 15.1 Å². The Kier molecular flexibility index (Phi) is 7.01. The summed E-state index contributed by atoms with van der Waals surface area (Å²) in [6, 6.07) is 3.60. The zero-order valence-electron chi connectivity index (χ0n) is 13.0. The van der Waals surface area contributed by atoms with E-state index >= 15 is 0 Å². The van der Waals surface area contributed by atoms with E-state index in [0.717, 1.165) is 38.4 Å². The number of pyridine rings is 1. The van der Waals surface area contributed by atoms with E-state index in [0.29, 0.717) is 5.56 Å². The fourth-order valence-electron chi connectivity index (χ4n) is 1.93. The van der Waals surface area contributed by atoms with Crippen LogP contribution in [0.3, 0.4) is 0 Å². The van der Waals surface area contributed by atoms with Gasteiger partial charge in [0, 0.05) is 37.9 Å². The van der Waals surface area contributed by atoms with E-state index in [2.05, 4.69) is 22.1 Å². The molecular weight excluding hydrogens is 252 g/mol. The van der Waals surface area contributed by atoms with E-state index < -0.39 is 0 Å². The van der Waals surface area contributed by atoms with E-state index in [9.17, 15) is 4.79 Å². The molecule has 0 fully saturated rings. The van der Waals surface area contributed by atoms with Gasteiger partial charge in [0.15, 0.2) is 0 Å². The minimum atomic E-state index is 0.0789. The van der Waals surface area contributed by atoms with Crippen molar-refractivity contribution < 1.29 is 4.79 Å². The fourth-order valence-corrected chi connectivity index (χ4v) is 1.93. The van der Waals surface area contributed by atoms with E-state index in [4.69, 9.17) is 0 Å². The van der Waals surface area contributed by atoms with Crippen molar-refractivity contribution in [1.82, 2.24) is 14.8 Å². The molecule has 0 saturated carbocycles. The lowest BCUT2D eigenvalue weighted by molar-refractivity contribution is 0.0745. The number of carbonyl (C=O) groups excluding carboxylic acids is 1. The first kappa shape index (κ1) is 16.4. The third kappa shape index (κ3) is 5.17. The number of likely N-dealkylation sites (N-methyl/N-ethyl adjacent to an activating group) is 1. The van der Waals surface area contributed by atoms with E-state index in [1.54, 1.807) is 12.3 Å². The highest BCUT2D eigenvalue weighted by Gasteiger charge is 2.15. The lowest BCUT2D eigenvalue weighted by Crippen LogP contribution is -2.37. The number of nitrogens with one attached hydrogen (secondary N) is 1. The molecule has 1 heterocycles. The number of rotatable bonds is 8. The molecule has 0 bridgehead atoms. The average Bonchev–Trinajstić information content (AvgIpc) is 2.43. The molecule has 0 aliphatic rings. The zero-order valence-corrected chi connectivity index (χ0v) is 13.0. The molecule has 0 atom stereocenters. The highest BCUT2D eigenvalue weighted by atomic mass is 16.2. The Balaban J connectivity index is 2.79. The van der Waals surface area contributed by atoms with Gasteiger partial charge in [-0.25, -0.2) is 4.98 Å². The smallest absolute Gasteiger partial charge is 0.254 e. The second-order valence-electron chi connectivity index (χ2n) is 5.06. The maximum absolute atomic E-state index is 12.6. The fraction of sp³-hybridized carbons (Fsp3) is 0.600. The molecule has 0 aliphatic carbocycles. The zero-order chi connectivity index (χ0) is 15.0. The van der Waals surface area contributed by atoms with Gasteiger partial charge in [-0.05, 0) is 39.6 Å². The van der Waals surface area contributed by atoms with E-state index in [1.165, 1.54) is 0 Å². The van der Waals surface area contributed by atoms with Gasteiger partial charge in [-0.1, -0.05) is 6.92 Å². The van der Waals surface area contributed by atoms with Gasteiger partial charge in [0.05, 0.1) is 0 Å². The summed E-state index contributed by atoms with van der Waals surface area (Å²) in [6.07, 6.45) is 2.64. The summed E-state index contributed by atoms with van der Waals surface area (Å²) >= 11 is 0. The molecule has 0 saturated heterocycles. The lowest BCUT2D eigenvalue weighted by Gasteiger charge is -2.24. The Bertz CT molecular complexity index is 420. The van der Waals surface area contributed by atoms with Crippen LogP contribution in [0.4, 0.5) is 5.82 Å². The standard InChI is InChI=1S/C15H26N4O/c1-5-9-19(11-10-18(3)4)15(20)13-7-8-17-14(12-13)16-6-2/h7-8,12H,5-6,9-11H2,1-4H3,(H,16,17). The second kappa shape index (κ2) is 8.53. The van der Waals surface area contributed by atoms with Crippen LogP contribution in [-0.4, -0.2) is 61.0 Å². The molecule has 0 spiro atoms. The molecule has 5 nitrogen and oxygen atoms in total. The third-order valence-corrected chi connectivity index (χ3v) is 2.96. The third-order valence-electron chi connectivity index (χ3n) is 2.96. The van der Waals surface area contributed by atoms with Gasteiger partial charge in [-0.3, -0.25) is 4.79 Å². The Labute approximate surface area is 122 Å². The largest absolute Gasteiger partial charge is 0.370 e. The number of carbonyl (C=O) groups is 1. The van der Waals surface area contributed by atoms with Crippen molar-refractivity contribution in [3.8, 4) is 0 Å². The number of nitrogens with zero attached hydrogens (tertiary/aromatic N) is 3. The monoisotopic (exact) mass is 278 g/mol. The lowest BCUT2D eigenvalue weighted by atomic mass is 10.2. The van der Waals surface area contributed by atoms with Crippen molar-refractivity contribution in [3.63, 3.8) is 0 Å². The van der Waals surface area contributed by atoms with E-state index in [1.807, 2.05) is 32.0 Å². The maximum atomic E-state index is 12.6. The maximum Gasteiger partial charge on any atom is 0.254 e. The first-order valence-electron chi connectivity index (χ1n) is 7.22. The summed E-state index contributed by atoms with van der Waals surface area (Å²) in [5.74, 6) is 0.831. The van der Waals surface area contributed by atoms with Gasteiger partial charge in [-0.15, -0.1) is 0 Å². The molecule has 1 aromatic rings. The number of hydrogen-bond donors (Lipinski definition) is 1. The molecule has 5 heteroatoms. The molecule has 0 radical (unpaired) electrons. The molecule has 1 rings (SSSR count). The van der Waals surface area contributed by atoms with Crippen LogP contribution in [-0.2, 0) is 0 Å². The SMILES string of the molecule is CCCN(CCN(C)C)C(=O)c1ccnc(NCC)c1. The summed E-state index contributed by atoms with van der Waals surface area (Å²) in [6.45, 7) is 7.30. The van der Waals surface area contributed by atoms with Gasteiger partial charge in [0.25, 0.3) is 5.91 Å². The van der Waals surface area contributed by atoms with Crippen LogP contribution in [0, 0.1) is 0 Å². The summed E-state index contributed by atoms with van der Waals surface area (Å²) in [5.41, 5.74) is 0.697. The topological polar surface area (TPSA) is 48.5 Å². The Morgan fingerprint density at radius 1 is 1.25 bits per heavy atom. The highest BCUT2D eigenvalue weighted by molar-refractivity contribution is 5.94.